The van der Waals surface area contributed by atoms with E-state index in [1.165, 1.54) is 0 Å². The van der Waals surface area contributed by atoms with Crippen LogP contribution in [0.15, 0.2) is 70.0 Å². The zero-order chi connectivity index (χ0) is 19.5. The van der Waals surface area contributed by atoms with E-state index in [1.54, 1.807) is 6.07 Å². The topological polar surface area (TPSA) is 88.0 Å². The van der Waals surface area contributed by atoms with Crippen LogP contribution in [0.5, 0.6) is 0 Å². The van der Waals surface area contributed by atoms with E-state index in [0.717, 1.165) is 22.0 Å². The fourth-order valence-corrected chi connectivity index (χ4v) is 3.06. The minimum Gasteiger partial charge on any atom is -0.356 e. The van der Waals surface area contributed by atoms with Gasteiger partial charge in [0.15, 0.2) is 5.76 Å². The number of nitrogens with one attached hydrogen (secondary N) is 2. The van der Waals surface area contributed by atoms with E-state index in [2.05, 4.69) is 15.5 Å². The quantitative estimate of drug-likeness (QED) is 0.562. The van der Waals surface area contributed by atoms with Gasteiger partial charge >= 0.3 is 0 Å². The van der Waals surface area contributed by atoms with Crippen molar-refractivity contribution in [1.82, 2.24) is 15.5 Å². The van der Waals surface area contributed by atoms with Crippen molar-refractivity contribution < 1.29 is 9.32 Å². The Hall–Kier alpha value is -3.67. The molecule has 28 heavy (non-hydrogen) atoms. The number of hydrogen-bond donors (Lipinski definition) is 2. The lowest BCUT2D eigenvalue weighted by molar-refractivity contribution is -0.120. The van der Waals surface area contributed by atoms with Crippen molar-refractivity contribution in [2.75, 3.05) is 0 Å². The first-order chi connectivity index (χ1) is 13.6. The van der Waals surface area contributed by atoms with Gasteiger partial charge in [0.25, 0.3) is 5.56 Å². The summed E-state index contributed by atoms with van der Waals surface area (Å²) < 4.78 is 5.31. The molecule has 0 saturated heterocycles. The summed E-state index contributed by atoms with van der Waals surface area (Å²) >= 11 is 0. The molecule has 6 heteroatoms. The number of nitrogens with zero attached hydrogens (tertiary/aromatic N) is 1. The Morgan fingerprint density at radius 3 is 2.75 bits per heavy atom. The highest BCUT2D eigenvalue weighted by atomic mass is 16.5. The molecule has 0 aliphatic heterocycles. The van der Waals surface area contributed by atoms with Crippen molar-refractivity contribution in [3.63, 3.8) is 0 Å². The Kier molecular flexibility index (Phi) is 4.76. The second kappa shape index (κ2) is 7.52. The zero-order valence-corrected chi connectivity index (χ0v) is 15.4. The maximum Gasteiger partial charge on any atom is 0.253 e. The van der Waals surface area contributed by atoms with Crippen LogP contribution in [-0.4, -0.2) is 16.0 Å². The number of aryl methyl sites for hydroxylation is 1. The van der Waals surface area contributed by atoms with E-state index in [1.807, 2.05) is 61.5 Å². The Balaban J connectivity index is 1.42. The van der Waals surface area contributed by atoms with Crippen molar-refractivity contribution in [1.29, 1.82) is 0 Å². The molecule has 4 rings (SSSR count). The van der Waals surface area contributed by atoms with Gasteiger partial charge in [-0.15, -0.1) is 0 Å². The minimum absolute atomic E-state index is 0.0843. The third-order valence-corrected chi connectivity index (χ3v) is 4.51. The summed E-state index contributed by atoms with van der Waals surface area (Å²) in [7, 11) is 0. The van der Waals surface area contributed by atoms with Gasteiger partial charge in [-0.1, -0.05) is 47.1 Å². The summed E-state index contributed by atoms with van der Waals surface area (Å²) in [5.74, 6) is 0.390. The van der Waals surface area contributed by atoms with Crippen LogP contribution in [0.1, 0.15) is 16.8 Å². The van der Waals surface area contributed by atoms with Gasteiger partial charge in [0.2, 0.25) is 5.91 Å². The van der Waals surface area contributed by atoms with Gasteiger partial charge in [-0.2, -0.15) is 0 Å². The third-order valence-electron chi connectivity index (χ3n) is 4.51. The number of aromatic nitrogens is 2. The number of carbonyl (C=O) groups excluding carboxylic acids is 1. The largest absolute Gasteiger partial charge is 0.356 e. The Morgan fingerprint density at radius 2 is 1.93 bits per heavy atom. The molecular weight excluding hydrogens is 354 g/mol. The molecule has 0 fully saturated rings. The molecule has 0 saturated carbocycles. The summed E-state index contributed by atoms with van der Waals surface area (Å²) in [5.41, 5.74) is 3.64. The maximum absolute atomic E-state index is 12.3. The van der Waals surface area contributed by atoms with Gasteiger partial charge in [0.05, 0.1) is 12.1 Å². The number of carbonyl (C=O) groups is 1. The van der Waals surface area contributed by atoms with Crippen LogP contribution in [0.2, 0.25) is 0 Å². The number of hydrogen-bond acceptors (Lipinski definition) is 4. The van der Waals surface area contributed by atoms with Crippen LogP contribution in [-0.2, 0) is 17.8 Å². The van der Waals surface area contributed by atoms with Crippen molar-refractivity contribution in [2.24, 2.45) is 0 Å². The van der Waals surface area contributed by atoms with E-state index in [0.29, 0.717) is 17.0 Å². The van der Waals surface area contributed by atoms with Crippen LogP contribution in [0.3, 0.4) is 0 Å². The number of H-pyrrole nitrogens is 1. The fourth-order valence-electron chi connectivity index (χ4n) is 3.06. The normalized spacial score (nSPS) is 10.9. The van der Waals surface area contributed by atoms with Gasteiger partial charge < -0.3 is 14.8 Å². The predicted octanol–water partition coefficient (Wildman–Crippen LogP) is 3.35. The summed E-state index contributed by atoms with van der Waals surface area (Å²) in [6.07, 6.45) is 0.0843. The van der Waals surface area contributed by atoms with Gasteiger partial charge in [0.1, 0.15) is 0 Å². The standard InChI is InChI=1S/C22H19N3O3/c1-14-7-8-19-16(9-14)10-17(22(27)24-19)13-23-21(26)12-18-11-20(28-25-18)15-5-3-2-4-6-15/h2-11H,12-13H2,1H3,(H,23,26)(H,24,27). The molecule has 2 aromatic heterocycles. The highest BCUT2D eigenvalue weighted by molar-refractivity contribution is 5.80. The van der Waals surface area contributed by atoms with Crippen LogP contribution in [0, 0.1) is 6.92 Å². The second-order valence-corrected chi connectivity index (χ2v) is 6.72. The number of aromatic amines is 1. The molecule has 0 aliphatic carbocycles. The monoisotopic (exact) mass is 373 g/mol. The van der Waals surface area contributed by atoms with Crippen molar-refractivity contribution in [2.45, 2.75) is 19.9 Å². The van der Waals surface area contributed by atoms with Crippen LogP contribution in [0.4, 0.5) is 0 Å². The molecule has 0 atom stereocenters. The average Bonchev–Trinajstić information content (AvgIpc) is 3.16. The number of benzene rings is 2. The van der Waals surface area contributed by atoms with E-state index in [-0.39, 0.29) is 24.4 Å². The second-order valence-electron chi connectivity index (χ2n) is 6.72. The average molecular weight is 373 g/mol. The molecular formula is C22H19N3O3. The molecule has 2 heterocycles. The number of pyridine rings is 1. The SMILES string of the molecule is Cc1ccc2[nH]c(=O)c(CNC(=O)Cc3cc(-c4ccccc4)on3)cc2c1. The first-order valence-electron chi connectivity index (χ1n) is 8.99. The van der Waals surface area contributed by atoms with E-state index in [9.17, 15) is 9.59 Å². The lowest BCUT2D eigenvalue weighted by Gasteiger charge is -2.06. The van der Waals surface area contributed by atoms with Crippen LogP contribution in [0.25, 0.3) is 22.2 Å². The molecule has 2 N–H and O–H groups in total. The van der Waals surface area contributed by atoms with Gasteiger partial charge in [-0.05, 0) is 30.5 Å². The maximum atomic E-state index is 12.3. The smallest absolute Gasteiger partial charge is 0.253 e. The van der Waals surface area contributed by atoms with E-state index >= 15 is 0 Å². The van der Waals surface area contributed by atoms with Crippen LogP contribution < -0.4 is 10.9 Å². The third kappa shape index (κ3) is 3.86. The van der Waals surface area contributed by atoms with Crippen molar-refractivity contribution >= 4 is 16.8 Å². The zero-order valence-electron chi connectivity index (χ0n) is 15.4. The molecule has 0 spiro atoms. The molecule has 4 aromatic rings. The van der Waals surface area contributed by atoms with Gasteiger partial charge in [-0.3, -0.25) is 9.59 Å². The Bertz CT molecular complexity index is 1190. The highest BCUT2D eigenvalue weighted by Crippen LogP contribution is 2.20. The molecule has 2 aromatic carbocycles. The summed E-state index contributed by atoms with van der Waals surface area (Å²) in [6, 6.07) is 19.0. The number of amides is 1. The minimum atomic E-state index is -0.225. The van der Waals surface area contributed by atoms with Crippen molar-refractivity contribution in [3.05, 3.63) is 87.8 Å². The summed E-state index contributed by atoms with van der Waals surface area (Å²) in [4.78, 5) is 27.3. The van der Waals surface area contributed by atoms with E-state index < -0.39 is 0 Å². The summed E-state index contributed by atoms with van der Waals surface area (Å²) in [6.45, 7) is 2.15. The molecule has 0 bridgehead atoms. The first kappa shape index (κ1) is 17.7. The Labute approximate surface area is 161 Å². The highest BCUT2D eigenvalue weighted by Gasteiger charge is 2.11. The van der Waals surface area contributed by atoms with E-state index in [4.69, 9.17) is 4.52 Å². The molecule has 1 amide bonds. The van der Waals surface area contributed by atoms with Gasteiger partial charge in [0, 0.05) is 29.3 Å². The fraction of sp³-hybridized carbons (Fsp3) is 0.136. The molecule has 0 unspecified atom stereocenters. The van der Waals surface area contributed by atoms with Crippen LogP contribution >= 0.6 is 0 Å². The lowest BCUT2D eigenvalue weighted by atomic mass is 10.1. The molecule has 140 valence electrons. The molecule has 0 radical (unpaired) electrons. The predicted molar refractivity (Wildman–Crippen MR) is 107 cm³/mol. The summed E-state index contributed by atoms with van der Waals surface area (Å²) in [5, 5.41) is 7.67. The number of fused-ring (bicyclic) bond motifs is 1. The lowest BCUT2D eigenvalue weighted by Crippen LogP contribution is -2.28. The molecule has 6 nitrogen and oxygen atoms in total. The first-order valence-corrected chi connectivity index (χ1v) is 8.99. The van der Waals surface area contributed by atoms with Gasteiger partial charge in [-0.25, -0.2) is 0 Å². The van der Waals surface area contributed by atoms with Crippen molar-refractivity contribution in [3.8, 4) is 11.3 Å². The molecule has 0 aliphatic rings. The number of rotatable bonds is 5. The Morgan fingerprint density at radius 1 is 1.11 bits per heavy atom.